The summed E-state index contributed by atoms with van der Waals surface area (Å²) in [6, 6.07) is 3.51. The number of alkyl halides is 3. The molecule has 1 aromatic carbocycles. The number of hydrogen-bond donors (Lipinski definition) is 3. The van der Waals surface area contributed by atoms with E-state index in [2.05, 4.69) is 10.6 Å². The van der Waals surface area contributed by atoms with Crippen LogP contribution in [0.2, 0.25) is 0 Å². The van der Waals surface area contributed by atoms with Gasteiger partial charge in [-0.2, -0.15) is 13.2 Å². The molecule has 4 N–H and O–H groups in total. The third-order valence-corrected chi connectivity index (χ3v) is 2.91. The molecule has 0 saturated heterocycles. The number of carbonyl (C=O) groups excluding carboxylic acids is 1. The Morgan fingerprint density at radius 1 is 1.30 bits per heavy atom. The molecule has 7 heteroatoms. The van der Waals surface area contributed by atoms with Crippen LogP contribution in [0.1, 0.15) is 19.4 Å². The Morgan fingerprint density at radius 3 is 2.40 bits per heavy atom. The third-order valence-electron chi connectivity index (χ3n) is 2.91. The SMILES string of the molecule is CNC(=O)C(C)(C)CNc1ccc(N)cc1C(F)(F)F. The number of nitrogens with one attached hydrogen (secondary N) is 2. The molecular weight excluding hydrogens is 271 g/mol. The van der Waals surface area contributed by atoms with Gasteiger partial charge in [-0.3, -0.25) is 4.79 Å². The van der Waals surface area contributed by atoms with E-state index >= 15 is 0 Å². The van der Waals surface area contributed by atoms with Gasteiger partial charge in [-0.25, -0.2) is 0 Å². The molecule has 0 aliphatic heterocycles. The molecule has 0 spiro atoms. The standard InChI is InChI=1S/C13H18F3N3O/c1-12(2,11(20)18-3)7-19-10-5-4-8(17)6-9(10)13(14,15)16/h4-6,19H,7,17H2,1-3H3,(H,18,20). The van der Waals surface area contributed by atoms with Crippen LogP contribution in [-0.4, -0.2) is 19.5 Å². The average Bonchev–Trinajstić information content (AvgIpc) is 2.35. The van der Waals surface area contributed by atoms with Crippen LogP contribution in [-0.2, 0) is 11.0 Å². The molecule has 0 unspecified atom stereocenters. The average molecular weight is 289 g/mol. The van der Waals surface area contributed by atoms with E-state index in [1.165, 1.54) is 19.2 Å². The number of benzene rings is 1. The van der Waals surface area contributed by atoms with Gasteiger partial charge in [0.25, 0.3) is 0 Å². The van der Waals surface area contributed by atoms with Crippen LogP contribution in [0.4, 0.5) is 24.5 Å². The number of carbonyl (C=O) groups is 1. The van der Waals surface area contributed by atoms with Gasteiger partial charge in [0.05, 0.1) is 11.0 Å². The maximum atomic E-state index is 12.9. The monoisotopic (exact) mass is 289 g/mol. The predicted molar refractivity (Wildman–Crippen MR) is 72.2 cm³/mol. The minimum absolute atomic E-state index is 0.0356. The van der Waals surface area contributed by atoms with E-state index < -0.39 is 17.2 Å². The topological polar surface area (TPSA) is 67.2 Å². The number of rotatable bonds is 4. The molecule has 0 bridgehead atoms. The normalized spacial score (nSPS) is 12.1. The lowest BCUT2D eigenvalue weighted by Gasteiger charge is -2.24. The molecule has 0 heterocycles. The second-order valence-corrected chi connectivity index (χ2v) is 5.12. The van der Waals surface area contributed by atoms with Crippen molar-refractivity contribution in [3.63, 3.8) is 0 Å². The number of anilines is 2. The fourth-order valence-electron chi connectivity index (χ4n) is 1.69. The molecule has 20 heavy (non-hydrogen) atoms. The van der Waals surface area contributed by atoms with Crippen LogP contribution >= 0.6 is 0 Å². The van der Waals surface area contributed by atoms with Gasteiger partial charge >= 0.3 is 6.18 Å². The van der Waals surface area contributed by atoms with Crippen molar-refractivity contribution in [2.75, 3.05) is 24.6 Å². The van der Waals surface area contributed by atoms with E-state index in [1.54, 1.807) is 13.8 Å². The van der Waals surface area contributed by atoms with Gasteiger partial charge in [-0.15, -0.1) is 0 Å². The van der Waals surface area contributed by atoms with E-state index in [9.17, 15) is 18.0 Å². The highest BCUT2D eigenvalue weighted by Gasteiger charge is 2.34. The van der Waals surface area contributed by atoms with Crippen LogP contribution in [0.25, 0.3) is 0 Å². The lowest BCUT2D eigenvalue weighted by Crippen LogP contribution is -2.39. The van der Waals surface area contributed by atoms with E-state index in [0.29, 0.717) is 0 Å². The minimum Gasteiger partial charge on any atom is -0.399 e. The summed E-state index contributed by atoms with van der Waals surface area (Å²) < 4.78 is 38.7. The Hall–Kier alpha value is -1.92. The van der Waals surface area contributed by atoms with Crippen molar-refractivity contribution in [1.29, 1.82) is 0 Å². The summed E-state index contributed by atoms with van der Waals surface area (Å²) in [6.45, 7) is 3.35. The summed E-state index contributed by atoms with van der Waals surface area (Å²) in [5, 5.41) is 5.14. The first-order chi connectivity index (χ1) is 9.08. The van der Waals surface area contributed by atoms with Crippen molar-refractivity contribution in [3.05, 3.63) is 23.8 Å². The van der Waals surface area contributed by atoms with Crippen LogP contribution in [0.5, 0.6) is 0 Å². The molecule has 112 valence electrons. The highest BCUT2D eigenvalue weighted by atomic mass is 19.4. The summed E-state index contributed by atoms with van der Waals surface area (Å²) in [5.74, 6) is -0.256. The largest absolute Gasteiger partial charge is 0.418 e. The van der Waals surface area contributed by atoms with Gasteiger partial charge in [0, 0.05) is 25.0 Å². The maximum Gasteiger partial charge on any atom is 0.418 e. The van der Waals surface area contributed by atoms with Crippen LogP contribution < -0.4 is 16.4 Å². The number of amides is 1. The molecule has 0 aromatic heterocycles. The maximum absolute atomic E-state index is 12.9. The summed E-state index contributed by atoms with van der Waals surface area (Å²) in [4.78, 5) is 11.6. The highest BCUT2D eigenvalue weighted by molar-refractivity contribution is 5.82. The zero-order valence-corrected chi connectivity index (χ0v) is 11.6. The van der Waals surface area contributed by atoms with Gasteiger partial charge in [-0.05, 0) is 32.0 Å². The molecule has 0 saturated carbocycles. The Labute approximate surface area is 115 Å². The third kappa shape index (κ3) is 3.79. The second kappa shape index (κ2) is 5.60. The quantitative estimate of drug-likeness (QED) is 0.746. The fourth-order valence-corrected chi connectivity index (χ4v) is 1.69. The molecule has 1 amide bonds. The molecule has 4 nitrogen and oxygen atoms in total. The summed E-state index contributed by atoms with van der Waals surface area (Å²) in [6.07, 6.45) is -4.51. The molecule has 0 aliphatic rings. The number of nitrogen functional groups attached to an aromatic ring is 1. The zero-order chi connectivity index (χ0) is 15.6. The Kier molecular flexibility index (Phi) is 4.52. The van der Waals surface area contributed by atoms with Gasteiger partial charge in [0.15, 0.2) is 0 Å². The van der Waals surface area contributed by atoms with Crippen molar-refractivity contribution in [2.45, 2.75) is 20.0 Å². The summed E-state index contributed by atoms with van der Waals surface area (Å²) >= 11 is 0. The van der Waals surface area contributed by atoms with Gasteiger partial charge in [0.2, 0.25) is 5.91 Å². The highest BCUT2D eigenvalue weighted by Crippen LogP contribution is 2.36. The van der Waals surface area contributed by atoms with Crippen molar-refractivity contribution < 1.29 is 18.0 Å². The summed E-state index contributed by atoms with van der Waals surface area (Å²) in [7, 11) is 1.48. The van der Waals surface area contributed by atoms with Crippen molar-refractivity contribution in [1.82, 2.24) is 5.32 Å². The first-order valence-electron chi connectivity index (χ1n) is 6.00. The zero-order valence-electron chi connectivity index (χ0n) is 11.6. The summed E-state index contributed by atoms with van der Waals surface area (Å²) in [5.41, 5.74) is 3.65. The number of halogens is 3. The molecule has 0 atom stereocenters. The van der Waals surface area contributed by atoms with Crippen molar-refractivity contribution in [2.24, 2.45) is 5.41 Å². The Bertz CT molecular complexity index is 498. The van der Waals surface area contributed by atoms with E-state index in [-0.39, 0.29) is 23.8 Å². The first kappa shape index (κ1) is 16.1. The lowest BCUT2D eigenvalue weighted by atomic mass is 9.92. The predicted octanol–water partition coefficient (Wildman–Crippen LogP) is 2.47. The van der Waals surface area contributed by atoms with Gasteiger partial charge in [-0.1, -0.05) is 0 Å². The minimum atomic E-state index is -4.51. The molecule has 1 aromatic rings. The van der Waals surface area contributed by atoms with Crippen LogP contribution in [0.15, 0.2) is 18.2 Å². The van der Waals surface area contributed by atoms with Gasteiger partial charge < -0.3 is 16.4 Å². The van der Waals surface area contributed by atoms with Crippen molar-refractivity contribution in [3.8, 4) is 0 Å². The second-order valence-electron chi connectivity index (χ2n) is 5.12. The Morgan fingerprint density at radius 2 is 1.90 bits per heavy atom. The first-order valence-corrected chi connectivity index (χ1v) is 6.00. The number of nitrogens with two attached hydrogens (primary N) is 1. The molecule has 0 fully saturated rings. The molecular formula is C13H18F3N3O. The van der Waals surface area contributed by atoms with Gasteiger partial charge in [0.1, 0.15) is 0 Å². The van der Waals surface area contributed by atoms with E-state index in [4.69, 9.17) is 5.73 Å². The van der Waals surface area contributed by atoms with Crippen molar-refractivity contribution >= 4 is 17.3 Å². The molecule has 0 radical (unpaired) electrons. The molecule has 0 aliphatic carbocycles. The Balaban J connectivity index is 2.97. The fraction of sp³-hybridized carbons (Fsp3) is 0.462. The smallest absolute Gasteiger partial charge is 0.399 e. The number of hydrogen-bond acceptors (Lipinski definition) is 3. The molecule has 1 rings (SSSR count). The van der Waals surface area contributed by atoms with E-state index in [0.717, 1.165) is 6.07 Å². The van der Waals surface area contributed by atoms with Crippen LogP contribution in [0, 0.1) is 5.41 Å². The van der Waals surface area contributed by atoms with E-state index in [1.807, 2.05) is 0 Å². The lowest BCUT2D eigenvalue weighted by molar-refractivity contribution is -0.136. The van der Waals surface area contributed by atoms with Crippen LogP contribution in [0.3, 0.4) is 0 Å².